The van der Waals surface area contributed by atoms with E-state index in [1.54, 1.807) is 0 Å². The summed E-state index contributed by atoms with van der Waals surface area (Å²) in [6.07, 6.45) is 8.75. The molecule has 3 unspecified atom stereocenters. The normalized spacial score (nSPS) is 45.1. The number of rotatable bonds is 0. The molecule has 1 aliphatic carbocycles. The SMILES string of the molecule is CC1CCC23CCCCC2CC(=O)N3C1. The lowest BCUT2D eigenvalue weighted by Crippen LogP contribution is -2.55. The Morgan fingerprint density at radius 1 is 1.27 bits per heavy atom. The number of amides is 1. The largest absolute Gasteiger partial charge is 0.336 e. The first-order valence-corrected chi connectivity index (χ1v) is 6.53. The summed E-state index contributed by atoms with van der Waals surface area (Å²) in [5.74, 6) is 1.87. The maximum atomic E-state index is 12.0. The number of carbonyl (C=O) groups is 1. The van der Waals surface area contributed by atoms with E-state index in [1.165, 1.54) is 38.5 Å². The van der Waals surface area contributed by atoms with Crippen molar-refractivity contribution >= 4 is 5.91 Å². The van der Waals surface area contributed by atoms with Crippen LogP contribution in [0.2, 0.25) is 0 Å². The Bertz CT molecular complexity index is 288. The minimum absolute atomic E-state index is 0.321. The van der Waals surface area contributed by atoms with Crippen molar-refractivity contribution in [2.45, 2.75) is 57.4 Å². The fraction of sp³-hybridized carbons (Fsp3) is 0.923. The number of nitrogens with zero attached hydrogens (tertiary/aromatic N) is 1. The van der Waals surface area contributed by atoms with Gasteiger partial charge in [0.1, 0.15) is 0 Å². The quantitative estimate of drug-likeness (QED) is 0.598. The highest BCUT2D eigenvalue weighted by atomic mass is 16.2. The van der Waals surface area contributed by atoms with Crippen molar-refractivity contribution in [2.75, 3.05) is 6.54 Å². The molecule has 2 heterocycles. The van der Waals surface area contributed by atoms with Crippen LogP contribution in [0.5, 0.6) is 0 Å². The molecule has 3 fully saturated rings. The van der Waals surface area contributed by atoms with Gasteiger partial charge in [-0.25, -0.2) is 0 Å². The molecule has 3 rings (SSSR count). The Hall–Kier alpha value is -0.530. The Morgan fingerprint density at radius 2 is 2.13 bits per heavy atom. The summed E-state index contributed by atoms with van der Waals surface area (Å²) in [7, 11) is 0. The summed E-state index contributed by atoms with van der Waals surface area (Å²) < 4.78 is 0. The van der Waals surface area contributed by atoms with Gasteiger partial charge in [-0.05, 0) is 37.5 Å². The predicted octanol–water partition coefficient (Wildman–Crippen LogP) is 2.58. The average molecular weight is 207 g/mol. The summed E-state index contributed by atoms with van der Waals surface area (Å²) in [4.78, 5) is 14.3. The molecule has 15 heavy (non-hydrogen) atoms. The van der Waals surface area contributed by atoms with Gasteiger partial charge in [-0.1, -0.05) is 19.8 Å². The van der Waals surface area contributed by atoms with Crippen molar-refractivity contribution < 1.29 is 4.79 Å². The summed E-state index contributed by atoms with van der Waals surface area (Å²) in [5, 5.41) is 0. The van der Waals surface area contributed by atoms with E-state index in [0.717, 1.165) is 18.9 Å². The van der Waals surface area contributed by atoms with Gasteiger partial charge in [0.05, 0.1) is 0 Å². The first kappa shape index (κ1) is 9.68. The fourth-order valence-corrected chi connectivity index (χ4v) is 4.16. The smallest absolute Gasteiger partial charge is 0.223 e. The van der Waals surface area contributed by atoms with E-state index in [9.17, 15) is 4.79 Å². The lowest BCUT2D eigenvalue weighted by atomic mass is 9.68. The maximum absolute atomic E-state index is 12.0. The third-order valence-corrected chi connectivity index (χ3v) is 5.00. The van der Waals surface area contributed by atoms with Crippen molar-refractivity contribution in [3.05, 3.63) is 0 Å². The molecule has 2 heteroatoms. The first-order valence-electron chi connectivity index (χ1n) is 6.53. The highest BCUT2D eigenvalue weighted by Crippen LogP contribution is 2.51. The van der Waals surface area contributed by atoms with Crippen LogP contribution in [0.15, 0.2) is 0 Å². The predicted molar refractivity (Wildman–Crippen MR) is 59.4 cm³/mol. The molecule has 3 atom stereocenters. The molecule has 1 saturated carbocycles. The van der Waals surface area contributed by atoms with Crippen molar-refractivity contribution in [3.63, 3.8) is 0 Å². The highest BCUT2D eigenvalue weighted by Gasteiger charge is 2.54. The molecular formula is C13H21NO. The molecule has 0 radical (unpaired) electrons. The number of hydrogen-bond acceptors (Lipinski definition) is 1. The molecule has 0 aromatic rings. The number of piperidine rings is 1. The van der Waals surface area contributed by atoms with Crippen LogP contribution in [0.1, 0.15) is 51.9 Å². The topological polar surface area (TPSA) is 20.3 Å². The van der Waals surface area contributed by atoms with E-state index < -0.39 is 0 Å². The molecule has 2 saturated heterocycles. The summed E-state index contributed by atoms with van der Waals surface area (Å²) in [6, 6.07) is 0. The van der Waals surface area contributed by atoms with E-state index in [2.05, 4.69) is 11.8 Å². The van der Waals surface area contributed by atoms with Gasteiger partial charge in [0.25, 0.3) is 0 Å². The zero-order valence-electron chi connectivity index (χ0n) is 9.67. The van der Waals surface area contributed by atoms with Crippen LogP contribution in [0.3, 0.4) is 0 Å². The molecule has 0 aromatic carbocycles. The van der Waals surface area contributed by atoms with Crippen molar-refractivity contribution in [2.24, 2.45) is 11.8 Å². The molecule has 2 nitrogen and oxygen atoms in total. The Morgan fingerprint density at radius 3 is 3.00 bits per heavy atom. The van der Waals surface area contributed by atoms with Crippen LogP contribution in [-0.2, 0) is 4.79 Å². The van der Waals surface area contributed by atoms with Crippen LogP contribution in [0, 0.1) is 11.8 Å². The van der Waals surface area contributed by atoms with Gasteiger partial charge in [0.15, 0.2) is 0 Å². The zero-order valence-corrected chi connectivity index (χ0v) is 9.67. The van der Waals surface area contributed by atoms with Crippen LogP contribution < -0.4 is 0 Å². The lowest BCUT2D eigenvalue weighted by Gasteiger charge is -2.50. The Balaban J connectivity index is 1.92. The Kier molecular flexibility index (Phi) is 2.08. The van der Waals surface area contributed by atoms with Crippen molar-refractivity contribution in [3.8, 4) is 0 Å². The minimum atomic E-state index is 0.321. The van der Waals surface area contributed by atoms with E-state index in [4.69, 9.17) is 0 Å². The summed E-state index contributed by atoms with van der Waals surface area (Å²) in [5.41, 5.74) is 0.321. The summed E-state index contributed by atoms with van der Waals surface area (Å²) >= 11 is 0. The third-order valence-electron chi connectivity index (χ3n) is 5.00. The molecule has 0 bridgehead atoms. The lowest BCUT2D eigenvalue weighted by molar-refractivity contribution is -0.134. The second-order valence-corrected chi connectivity index (χ2v) is 5.90. The Labute approximate surface area is 92.0 Å². The second kappa shape index (κ2) is 3.23. The highest BCUT2D eigenvalue weighted by molar-refractivity contribution is 5.80. The van der Waals surface area contributed by atoms with E-state index in [1.807, 2.05) is 0 Å². The van der Waals surface area contributed by atoms with Gasteiger partial charge in [0.2, 0.25) is 5.91 Å². The number of carbonyl (C=O) groups excluding carboxylic acids is 1. The minimum Gasteiger partial charge on any atom is -0.336 e. The van der Waals surface area contributed by atoms with Crippen molar-refractivity contribution in [1.29, 1.82) is 0 Å². The van der Waals surface area contributed by atoms with E-state index in [0.29, 0.717) is 17.4 Å². The van der Waals surface area contributed by atoms with Gasteiger partial charge in [-0.15, -0.1) is 0 Å². The van der Waals surface area contributed by atoms with Crippen LogP contribution in [0.4, 0.5) is 0 Å². The maximum Gasteiger partial charge on any atom is 0.223 e. The van der Waals surface area contributed by atoms with Gasteiger partial charge in [-0.2, -0.15) is 0 Å². The van der Waals surface area contributed by atoms with Gasteiger partial charge < -0.3 is 4.90 Å². The van der Waals surface area contributed by atoms with Gasteiger partial charge in [0, 0.05) is 18.5 Å². The molecule has 3 aliphatic rings. The average Bonchev–Trinajstić information content (AvgIpc) is 2.52. The van der Waals surface area contributed by atoms with Crippen LogP contribution in [0.25, 0.3) is 0 Å². The summed E-state index contributed by atoms with van der Waals surface area (Å²) in [6.45, 7) is 3.33. The zero-order chi connectivity index (χ0) is 10.5. The molecule has 1 amide bonds. The van der Waals surface area contributed by atoms with Gasteiger partial charge >= 0.3 is 0 Å². The van der Waals surface area contributed by atoms with Crippen LogP contribution in [-0.4, -0.2) is 22.9 Å². The standard InChI is InChI=1S/C13H21NO/c1-10-5-7-13-6-3-2-4-11(13)8-12(15)14(13)9-10/h10-11H,2-9H2,1H3. The molecular weight excluding hydrogens is 186 g/mol. The first-order chi connectivity index (χ1) is 7.22. The molecule has 0 N–H and O–H groups in total. The van der Waals surface area contributed by atoms with E-state index in [-0.39, 0.29) is 0 Å². The molecule has 84 valence electrons. The second-order valence-electron chi connectivity index (χ2n) is 5.90. The van der Waals surface area contributed by atoms with Crippen molar-refractivity contribution in [1.82, 2.24) is 4.90 Å². The monoisotopic (exact) mass is 207 g/mol. The molecule has 0 aromatic heterocycles. The molecule has 2 aliphatic heterocycles. The molecule has 1 spiro atoms. The van der Waals surface area contributed by atoms with E-state index >= 15 is 0 Å². The third kappa shape index (κ3) is 1.26. The van der Waals surface area contributed by atoms with Gasteiger partial charge in [-0.3, -0.25) is 4.79 Å². The van der Waals surface area contributed by atoms with Crippen LogP contribution >= 0.6 is 0 Å². The number of hydrogen-bond donors (Lipinski definition) is 0. The fourth-order valence-electron chi connectivity index (χ4n) is 4.16.